The van der Waals surface area contributed by atoms with Gasteiger partial charge in [0.2, 0.25) is 0 Å². The molecule has 0 radical (unpaired) electrons. The molecule has 2 aromatic rings. The van der Waals surface area contributed by atoms with Gasteiger partial charge in [0.05, 0.1) is 18.8 Å². The van der Waals surface area contributed by atoms with Crippen molar-refractivity contribution in [1.29, 1.82) is 0 Å². The molecule has 3 atom stereocenters. The van der Waals surface area contributed by atoms with Crippen LogP contribution < -0.4 is 14.8 Å². The predicted octanol–water partition coefficient (Wildman–Crippen LogP) is 4.16. The van der Waals surface area contributed by atoms with Gasteiger partial charge >= 0.3 is 0 Å². The van der Waals surface area contributed by atoms with E-state index in [-0.39, 0.29) is 29.9 Å². The molecule has 1 aliphatic heterocycles. The van der Waals surface area contributed by atoms with Gasteiger partial charge in [-0.1, -0.05) is 13.0 Å². The van der Waals surface area contributed by atoms with Crippen LogP contribution >= 0.6 is 0 Å². The lowest BCUT2D eigenvalue weighted by molar-refractivity contribution is 0.00994. The van der Waals surface area contributed by atoms with Crippen molar-refractivity contribution in [1.82, 2.24) is 9.80 Å². The molecular weight excluding hydrogens is 470 g/mol. The van der Waals surface area contributed by atoms with Crippen molar-refractivity contribution < 1.29 is 23.8 Å². The number of amides is 2. The summed E-state index contributed by atoms with van der Waals surface area (Å²) in [6.45, 7) is 7.21. The Balaban J connectivity index is 1.60. The zero-order valence-electron chi connectivity index (χ0n) is 22.5. The number of benzene rings is 2. The molecule has 8 nitrogen and oxygen atoms in total. The average Bonchev–Trinajstić information content (AvgIpc) is 3.73. The Kier molecular flexibility index (Phi) is 8.71. The minimum absolute atomic E-state index is 0.0759. The zero-order chi connectivity index (χ0) is 26.5. The first-order chi connectivity index (χ1) is 17.8. The van der Waals surface area contributed by atoms with Crippen LogP contribution in [-0.4, -0.2) is 81.3 Å². The van der Waals surface area contributed by atoms with Gasteiger partial charge in [0.15, 0.2) is 0 Å². The lowest BCUT2D eigenvalue weighted by Gasteiger charge is -2.36. The number of hydrogen-bond acceptors (Lipinski definition) is 6. The van der Waals surface area contributed by atoms with Crippen molar-refractivity contribution in [2.24, 2.45) is 11.8 Å². The van der Waals surface area contributed by atoms with Gasteiger partial charge in [-0.15, -0.1) is 0 Å². The Morgan fingerprint density at radius 2 is 1.89 bits per heavy atom. The third kappa shape index (κ3) is 6.81. The summed E-state index contributed by atoms with van der Waals surface area (Å²) in [6.07, 6.45) is 2.48. The first-order valence-corrected chi connectivity index (χ1v) is 13.0. The van der Waals surface area contributed by atoms with E-state index in [1.54, 1.807) is 68.6 Å². The number of nitrogens with one attached hydrogen (secondary N) is 1. The topological polar surface area (TPSA) is 80.3 Å². The summed E-state index contributed by atoms with van der Waals surface area (Å²) >= 11 is 0. The predicted molar refractivity (Wildman–Crippen MR) is 144 cm³/mol. The van der Waals surface area contributed by atoms with E-state index in [0.717, 1.165) is 19.0 Å². The van der Waals surface area contributed by atoms with Crippen LogP contribution in [0.3, 0.4) is 0 Å². The molecule has 2 aliphatic rings. The summed E-state index contributed by atoms with van der Waals surface area (Å²) in [7, 11) is 5.07. The Labute approximate surface area is 219 Å². The molecule has 1 fully saturated rings. The molecule has 0 unspecified atom stereocenters. The number of anilines is 1. The fourth-order valence-electron chi connectivity index (χ4n) is 4.78. The number of carbonyl (C=O) groups is 2. The zero-order valence-corrected chi connectivity index (χ0v) is 22.5. The second kappa shape index (κ2) is 12.0. The number of likely N-dealkylation sites (N-methyl/N-ethyl adjacent to an activating group) is 1. The molecule has 0 aromatic heterocycles. The Bertz CT molecular complexity index is 1100. The molecule has 2 aromatic carbocycles. The molecule has 4 rings (SSSR count). The third-order valence-corrected chi connectivity index (χ3v) is 7.36. The van der Waals surface area contributed by atoms with Crippen molar-refractivity contribution >= 4 is 17.5 Å². The Hall–Kier alpha value is -3.10. The number of nitrogens with zero attached hydrogens (tertiary/aromatic N) is 2. The maximum absolute atomic E-state index is 13.4. The number of hydrogen-bond donors (Lipinski definition) is 1. The fourth-order valence-corrected chi connectivity index (χ4v) is 4.78. The van der Waals surface area contributed by atoms with Gasteiger partial charge in [-0.2, -0.15) is 0 Å². The van der Waals surface area contributed by atoms with Gasteiger partial charge in [-0.25, -0.2) is 0 Å². The van der Waals surface area contributed by atoms with Crippen LogP contribution in [0.5, 0.6) is 11.5 Å². The summed E-state index contributed by atoms with van der Waals surface area (Å²) in [5.74, 6) is 1.67. The van der Waals surface area contributed by atoms with Gasteiger partial charge in [-0.05, 0) is 61.9 Å². The van der Waals surface area contributed by atoms with Gasteiger partial charge < -0.3 is 24.4 Å². The quantitative estimate of drug-likeness (QED) is 0.630. The van der Waals surface area contributed by atoms with E-state index < -0.39 is 0 Å². The van der Waals surface area contributed by atoms with E-state index in [4.69, 9.17) is 14.2 Å². The molecule has 1 N–H and O–H groups in total. The fraction of sp³-hybridized carbons (Fsp3) is 0.517. The lowest BCUT2D eigenvalue weighted by Crippen LogP contribution is -2.47. The highest BCUT2D eigenvalue weighted by Crippen LogP contribution is 2.32. The summed E-state index contributed by atoms with van der Waals surface area (Å²) < 4.78 is 17.3. The molecule has 1 saturated carbocycles. The van der Waals surface area contributed by atoms with E-state index in [1.165, 1.54) is 12.8 Å². The van der Waals surface area contributed by atoms with Crippen LogP contribution in [0.25, 0.3) is 0 Å². The van der Waals surface area contributed by atoms with Crippen LogP contribution in [-0.2, 0) is 4.74 Å². The molecule has 0 bridgehead atoms. The number of ether oxygens (including phenoxy) is 3. The minimum Gasteiger partial charge on any atom is -0.497 e. The van der Waals surface area contributed by atoms with E-state index in [1.807, 2.05) is 0 Å². The maximum atomic E-state index is 13.4. The van der Waals surface area contributed by atoms with Crippen LogP contribution in [0.1, 0.15) is 47.4 Å². The van der Waals surface area contributed by atoms with E-state index in [0.29, 0.717) is 41.5 Å². The molecule has 8 heteroatoms. The number of carbonyl (C=O) groups excluding carboxylic acids is 2. The van der Waals surface area contributed by atoms with Crippen molar-refractivity contribution in [3.8, 4) is 11.5 Å². The number of fused-ring (bicyclic) bond motifs is 1. The van der Waals surface area contributed by atoms with Crippen LogP contribution in [0.2, 0.25) is 0 Å². The summed E-state index contributed by atoms with van der Waals surface area (Å²) in [4.78, 5) is 30.5. The van der Waals surface area contributed by atoms with E-state index >= 15 is 0 Å². The largest absolute Gasteiger partial charge is 0.497 e. The molecule has 2 amide bonds. The first kappa shape index (κ1) is 26.9. The smallest absolute Gasteiger partial charge is 0.257 e. The highest BCUT2D eigenvalue weighted by atomic mass is 16.5. The van der Waals surface area contributed by atoms with Gasteiger partial charge in [0, 0.05) is 57.2 Å². The first-order valence-electron chi connectivity index (χ1n) is 13.0. The summed E-state index contributed by atoms with van der Waals surface area (Å²) in [5, 5.41) is 2.92. The Morgan fingerprint density at radius 1 is 1.11 bits per heavy atom. The molecule has 200 valence electrons. The normalized spacial score (nSPS) is 23.3. The Morgan fingerprint density at radius 3 is 2.59 bits per heavy atom. The average molecular weight is 510 g/mol. The number of rotatable bonds is 6. The highest BCUT2D eigenvalue weighted by Gasteiger charge is 2.31. The number of methoxy groups -OCH3 is 2. The molecule has 1 aliphatic carbocycles. The van der Waals surface area contributed by atoms with Crippen molar-refractivity contribution in [2.45, 2.75) is 38.8 Å². The maximum Gasteiger partial charge on any atom is 0.257 e. The third-order valence-electron chi connectivity index (χ3n) is 7.36. The molecular formula is C29H39N3O5. The summed E-state index contributed by atoms with van der Waals surface area (Å²) in [6, 6.07) is 12.3. The SMILES string of the molecule is COc1cccc(C(=O)Nc2ccc3c(c2)OC[C@H](C)N(CC2CC2)C[C@@H](C)[C@@H](OC)CN(C)C3=O)c1. The minimum atomic E-state index is -0.267. The molecule has 0 spiro atoms. The van der Waals surface area contributed by atoms with E-state index in [2.05, 4.69) is 24.1 Å². The standard InChI is InChI=1S/C29H39N3O5/c1-19-15-32(16-21-9-10-21)20(2)18-37-26-14-23(30-28(33)22-7-6-8-24(13-22)35-4)11-12-25(26)29(34)31(3)17-27(19)36-5/h6-8,11-14,19-21,27H,9-10,15-18H2,1-5H3,(H,30,33)/t19-,20+,27+/m1/s1. The van der Waals surface area contributed by atoms with Crippen LogP contribution in [0.4, 0.5) is 5.69 Å². The summed E-state index contributed by atoms with van der Waals surface area (Å²) in [5.41, 5.74) is 1.50. The van der Waals surface area contributed by atoms with Crippen LogP contribution in [0, 0.1) is 11.8 Å². The highest BCUT2D eigenvalue weighted by molar-refractivity contribution is 6.05. The van der Waals surface area contributed by atoms with Gasteiger partial charge in [-0.3, -0.25) is 14.5 Å². The van der Waals surface area contributed by atoms with Crippen molar-refractivity contribution in [2.75, 3.05) is 52.8 Å². The second-order valence-electron chi connectivity index (χ2n) is 10.4. The lowest BCUT2D eigenvalue weighted by atomic mass is 10.0. The molecule has 0 saturated heterocycles. The van der Waals surface area contributed by atoms with E-state index in [9.17, 15) is 9.59 Å². The molecule has 1 heterocycles. The van der Waals surface area contributed by atoms with Crippen LogP contribution in [0.15, 0.2) is 42.5 Å². The van der Waals surface area contributed by atoms with Crippen molar-refractivity contribution in [3.05, 3.63) is 53.6 Å². The van der Waals surface area contributed by atoms with Gasteiger partial charge in [0.25, 0.3) is 11.8 Å². The van der Waals surface area contributed by atoms with Crippen molar-refractivity contribution in [3.63, 3.8) is 0 Å². The molecule has 37 heavy (non-hydrogen) atoms. The van der Waals surface area contributed by atoms with Gasteiger partial charge in [0.1, 0.15) is 18.1 Å². The second-order valence-corrected chi connectivity index (χ2v) is 10.4. The monoisotopic (exact) mass is 509 g/mol.